The summed E-state index contributed by atoms with van der Waals surface area (Å²) in [6.07, 6.45) is 1.87. The van der Waals surface area contributed by atoms with E-state index >= 15 is 0 Å². The molecule has 0 aliphatic carbocycles. The fourth-order valence-electron chi connectivity index (χ4n) is 1.79. The fraction of sp³-hybridized carbons (Fsp3) is 0.333. The normalized spacial score (nSPS) is 12.8. The van der Waals surface area contributed by atoms with E-state index in [1.54, 1.807) is 4.68 Å². The van der Waals surface area contributed by atoms with Gasteiger partial charge in [0.2, 0.25) is 0 Å². The Hall–Kier alpha value is -1.20. The quantitative estimate of drug-likeness (QED) is 0.926. The molecule has 1 atom stereocenters. The molecular formula is C12H15BrN4. The second kappa shape index (κ2) is 4.58. The Morgan fingerprint density at radius 1 is 1.35 bits per heavy atom. The highest BCUT2D eigenvalue weighted by atomic mass is 79.9. The third-order valence-electron chi connectivity index (χ3n) is 2.61. The number of rotatable bonds is 2. The smallest absolute Gasteiger partial charge is 0.0995 e. The van der Waals surface area contributed by atoms with Crippen LogP contribution in [0.4, 0.5) is 0 Å². The summed E-state index contributed by atoms with van der Waals surface area (Å²) in [5, 5.41) is 8.18. The zero-order chi connectivity index (χ0) is 12.6. The summed E-state index contributed by atoms with van der Waals surface area (Å²) < 4.78 is 2.77. The van der Waals surface area contributed by atoms with Crippen molar-refractivity contribution in [2.75, 3.05) is 0 Å². The van der Waals surface area contributed by atoms with Crippen LogP contribution in [0.15, 0.2) is 22.8 Å². The molecule has 0 bridgehead atoms. The Kier molecular flexibility index (Phi) is 3.31. The van der Waals surface area contributed by atoms with Gasteiger partial charge in [-0.1, -0.05) is 11.3 Å². The van der Waals surface area contributed by atoms with Crippen LogP contribution < -0.4 is 5.73 Å². The largest absolute Gasteiger partial charge is 0.323 e. The van der Waals surface area contributed by atoms with Gasteiger partial charge in [0.25, 0.3) is 0 Å². The SMILES string of the molecule is Cc1cc(C)c(-n2cc(C(C)N)nn2)c(Br)c1. The molecule has 2 rings (SSSR count). The highest BCUT2D eigenvalue weighted by molar-refractivity contribution is 9.10. The minimum atomic E-state index is -0.103. The van der Waals surface area contributed by atoms with E-state index < -0.39 is 0 Å². The summed E-state index contributed by atoms with van der Waals surface area (Å²) in [6.45, 7) is 6.02. The highest BCUT2D eigenvalue weighted by Gasteiger charge is 2.11. The first-order valence-corrected chi connectivity index (χ1v) is 6.23. The van der Waals surface area contributed by atoms with Gasteiger partial charge in [-0.15, -0.1) is 5.10 Å². The van der Waals surface area contributed by atoms with E-state index in [-0.39, 0.29) is 6.04 Å². The molecule has 1 aromatic carbocycles. The maximum absolute atomic E-state index is 5.78. The van der Waals surface area contributed by atoms with E-state index in [0.717, 1.165) is 21.4 Å². The molecule has 1 heterocycles. The van der Waals surface area contributed by atoms with Crippen LogP contribution in [0.1, 0.15) is 29.8 Å². The topological polar surface area (TPSA) is 56.7 Å². The molecule has 0 aliphatic heterocycles. The zero-order valence-corrected chi connectivity index (χ0v) is 11.7. The second-order valence-corrected chi connectivity index (χ2v) is 5.14. The van der Waals surface area contributed by atoms with Gasteiger partial charge in [-0.25, -0.2) is 4.68 Å². The average molecular weight is 295 g/mol. The van der Waals surface area contributed by atoms with Crippen LogP contribution in [-0.2, 0) is 0 Å². The molecule has 0 saturated carbocycles. The van der Waals surface area contributed by atoms with Crippen LogP contribution in [0.5, 0.6) is 0 Å². The van der Waals surface area contributed by atoms with Crippen LogP contribution in [-0.4, -0.2) is 15.0 Å². The van der Waals surface area contributed by atoms with Gasteiger partial charge in [-0.2, -0.15) is 0 Å². The summed E-state index contributed by atoms with van der Waals surface area (Å²) in [4.78, 5) is 0. The van der Waals surface area contributed by atoms with E-state index in [9.17, 15) is 0 Å². The number of benzene rings is 1. The van der Waals surface area contributed by atoms with Crippen LogP contribution in [0, 0.1) is 13.8 Å². The van der Waals surface area contributed by atoms with Gasteiger partial charge in [0.05, 0.1) is 17.6 Å². The molecule has 1 aromatic heterocycles. The van der Waals surface area contributed by atoms with Crippen molar-refractivity contribution < 1.29 is 0 Å². The van der Waals surface area contributed by atoms with Crippen molar-refractivity contribution in [3.8, 4) is 5.69 Å². The Bertz CT molecular complexity index is 522. The molecule has 17 heavy (non-hydrogen) atoms. The van der Waals surface area contributed by atoms with Gasteiger partial charge in [0.15, 0.2) is 0 Å². The zero-order valence-electron chi connectivity index (χ0n) is 10.1. The molecule has 0 saturated heterocycles. The number of hydrogen-bond donors (Lipinski definition) is 1. The Labute approximate surface area is 109 Å². The van der Waals surface area contributed by atoms with E-state index in [1.807, 2.05) is 13.1 Å². The van der Waals surface area contributed by atoms with Crippen molar-refractivity contribution in [2.45, 2.75) is 26.8 Å². The average Bonchev–Trinajstić information content (AvgIpc) is 2.65. The molecule has 0 fully saturated rings. The van der Waals surface area contributed by atoms with Gasteiger partial charge in [0.1, 0.15) is 0 Å². The van der Waals surface area contributed by atoms with E-state index in [4.69, 9.17) is 5.73 Å². The van der Waals surface area contributed by atoms with Gasteiger partial charge in [-0.05, 0) is 53.9 Å². The lowest BCUT2D eigenvalue weighted by Gasteiger charge is -2.09. The summed E-state index contributed by atoms with van der Waals surface area (Å²) in [5.41, 5.74) is 9.94. The van der Waals surface area contributed by atoms with E-state index in [0.29, 0.717) is 0 Å². The predicted octanol–water partition coefficient (Wildman–Crippen LogP) is 2.67. The van der Waals surface area contributed by atoms with Crippen molar-refractivity contribution in [3.63, 3.8) is 0 Å². The van der Waals surface area contributed by atoms with Crippen LogP contribution >= 0.6 is 15.9 Å². The lowest BCUT2D eigenvalue weighted by atomic mass is 10.1. The first-order chi connectivity index (χ1) is 7.99. The summed E-state index contributed by atoms with van der Waals surface area (Å²) in [7, 11) is 0. The molecular weight excluding hydrogens is 280 g/mol. The minimum Gasteiger partial charge on any atom is -0.323 e. The number of hydrogen-bond acceptors (Lipinski definition) is 3. The number of aryl methyl sites for hydroxylation is 2. The molecule has 90 valence electrons. The van der Waals surface area contributed by atoms with Crippen molar-refractivity contribution in [2.24, 2.45) is 5.73 Å². The van der Waals surface area contributed by atoms with Crippen LogP contribution in [0.2, 0.25) is 0 Å². The van der Waals surface area contributed by atoms with Gasteiger partial charge < -0.3 is 5.73 Å². The Balaban J connectivity index is 2.52. The van der Waals surface area contributed by atoms with Gasteiger partial charge in [0, 0.05) is 10.5 Å². The Morgan fingerprint density at radius 2 is 2.06 bits per heavy atom. The molecule has 2 N–H and O–H groups in total. The molecule has 2 aromatic rings. The maximum Gasteiger partial charge on any atom is 0.0995 e. The third kappa shape index (κ3) is 2.40. The standard InChI is InChI=1S/C12H15BrN4/c1-7-4-8(2)12(10(13)5-7)17-6-11(9(3)14)15-16-17/h4-6,9H,14H2,1-3H3. The lowest BCUT2D eigenvalue weighted by Crippen LogP contribution is -2.05. The number of nitrogens with zero attached hydrogens (tertiary/aromatic N) is 3. The van der Waals surface area contributed by atoms with Crippen LogP contribution in [0.3, 0.4) is 0 Å². The molecule has 0 radical (unpaired) electrons. The highest BCUT2D eigenvalue weighted by Crippen LogP contribution is 2.26. The Morgan fingerprint density at radius 3 is 2.59 bits per heavy atom. The monoisotopic (exact) mass is 294 g/mol. The predicted molar refractivity (Wildman–Crippen MR) is 71.1 cm³/mol. The molecule has 0 aliphatic rings. The summed E-state index contributed by atoms with van der Waals surface area (Å²) in [5.74, 6) is 0. The van der Waals surface area contributed by atoms with Crippen molar-refractivity contribution >= 4 is 15.9 Å². The molecule has 0 spiro atoms. The van der Waals surface area contributed by atoms with Crippen LogP contribution in [0.25, 0.3) is 5.69 Å². The fourth-order valence-corrected chi connectivity index (χ4v) is 2.65. The minimum absolute atomic E-state index is 0.103. The maximum atomic E-state index is 5.78. The van der Waals surface area contributed by atoms with Gasteiger partial charge in [-0.3, -0.25) is 0 Å². The lowest BCUT2D eigenvalue weighted by molar-refractivity contribution is 0.754. The van der Waals surface area contributed by atoms with Crippen molar-refractivity contribution in [1.82, 2.24) is 15.0 Å². The second-order valence-electron chi connectivity index (χ2n) is 4.29. The van der Waals surface area contributed by atoms with Crippen molar-refractivity contribution in [3.05, 3.63) is 39.6 Å². The first kappa shape index (κ1) is 12.3. The van der Waals surface area contributed by atoms with E-state index in [1.165, 1.54) is 5.56 Å². The third-order valence-corrected chi connectivity index (χ3v) is 3.21. The first-order valence-electron chi connectivity index (χ1n) is 5.44. The van der Waals surface area contributed by atoms with Crippen molar-refractivity contribution in [1.29, 1.82) is 0 Å². The molecule has 4 nitrogen and oxygen atoms in total. The molecule has 5 heteroatoms. The van der Waals surface area contributed by atoms with E-state index in [2.05, 4.69) is 52.2 Å². The number of aromatic nitrogens is 3. The summed E-state index contributed by atoms with van der Waals surface area (Å²) in [6, 6.07) is 4.08. The summed E-state index contributed by atoms with van der Waals surface area (Å²) >= 11 is 3.56. The van der Waals surface area contributed by atoms with Gasteiger partial charge >= 0.3 is 0 Å². The number of halogens is 1. The number of nitrogens with two attached hydrogens (primary N) is 1. The molecule has 1 unspecified atom stereocenters. The molecule has 0 amide bonds.